The van der Waals surface area contributed by atoms with Gasteiger partial charge in [-0.3, -0.25) is 11.3 Å². The number of nitrogens with two attached hydrogens (primary N) is 1. The summed E-state index contributed by atoms with van der Waals surface area (Å²) in [5.74, 6) is 6.48. The van der Waals surface area contributed by atoms with Crippen LogP contribution in [0.5, 0.6) is 5.75 Å². The van der Waals surface area contributed by atoms with Crippen LogP contribution in [0.3, 0.4) is 0 Å². The Morgan fingerprint density at radius 2 is 2.00 bits per heavy atom. The van der Waals surface area contributed by atoms with Crippen molar-refractivity contribution in [3.05, 3.63) is 64.7 Å². The van der Waals surface area contributed by atoms with Crippen LogP contribution in [0, 0.1) is 0 Å². The van der Waals surface area contributed by atoms with Crippen molar-refractivity contribution in [3.63, 3.8) is 0 Å². The summed E-state index contributed by atoms with van der Waals surface area (Å²) in [6, 6.07) is 15.7. The number of ether oxygens (including phenoxy) is 1. The Labute approximate surface area is 118 Å². The van der Waals surface area contributed by atoms with Crippen molar-refractivity contribution in [1.29, 1.82) is 0 Å². The smallest absolute Gasteiger partial charge is 0.119 e. The van der Waals surface area contributed by atoms with Gasteiger partial charge in [0, 0.05) is 5.02 Å². The Morgan fingerprint density at radius 1 is 1.21 bits per heavy atom. The topological polar surface area (TPSA) is 47.3 Å². The fourth-order valence-corrected chi connectivity index (χ4v) is 2.24. The summed E-state index contributed by atoms with van der Waals surface area (Å²) in [4.78, 5) is 0. The molecule has 1 atom stereocenters. The summed E-state index contributed by atoms with van der Waals surface area (Å²) in [6.07, 6.45) is 0.768. The van der Waals surface area contributed by atoms with Crippen LogP contribution in [0.1, 0.15) is 17.2 Å². The molecule has 1 unspecified atom stereocenters. The van der Waals surface area contributed by atoms with Crippen molar-refractivity contribution in [2.45, 2.75) is 12.5 Å². The maximum atomic E-state index is 5.99. The van der Waals surface area contributed by atoms with Crippen molar-refractivity contribution in [3.8, 4) is 5.75 Å². The lowest BCUT2D eigenvalue weighted by molar-refractivity contribution is 0.413. The maximum absolute atomic E-state index is 5.99. The molecule has 0 aliphatic carbocycles. The Morgan fingerprint density at radius 3 is 2.68 bits per heavy atom. The molecule has 0 aliphatic heterocycles. The highest BCUT2D eigenvalue weighted by molar-refractivity contribution is 6.30. The molecular formula is C15H17ClN2O. The molecule has 0 spiro atoms. The number of hydrazine groups is 1. The van der Waals surface area contributed by atoms with E-state index in [4.69, 9.17) is 22.2 Å². The van der Waals surface area contributed by atoms with Crippen LogP contribution < -0.4 is 16.0 Å². The van der Waals surface area contributed by atoms with E-state index in [1.165, 1.54) is 0 Å². The van der Waals surface area contributed by atoms with Gasteiger partial charge in [-0.05, 0) is 41.8 Å². The highest BCUT2D eigenvalue weighted by Crippen LogP contribution is 2.23. The Kier molecular flexibility index (Phi) is 4.80. The molecule has 100 valence electrons. The molecule has 2 rings (SSSR count). The first-order valence-electron chi connectivity index (χ1n) is 6.07. The lowest BCUT2D eigenvalue weighted by Crippen LogP contribution is -2.29. The van der Waals surface area contributed by atoms with Crippen LogP contribution >= 0.6 is 11.6 Å². The highest BCUT2D eigenvalue weighted by atomic mass is 35.5. The SMILES string of the molecule is COc1cccc(C(Cc2cccc(Cl)c2)NN)c1. The monoisotopic (exact) mass is 276 g/mol. The lowest BCUT2D eigenvalue weighted by Gasteiger charge is -2.17. The molecule has 0 fully saturated rings. The van der Waals surface area contributed by atoms with Gasteiger partial charge in [0.2, 0.25) is 0 Å². The Balaban J connectivity index is 2.19. The molecule has 3 N–H and O–H groups in total. The molecule has 19 heavy (non-hydrogen) atoms. The second-order valence-corrected chi connectivity index (χ2v) is 4.77. The molecule has 0 saturated heterocycles. The standard InChI is InChI=1S/C15H17ClN2O/c1-19-14-7-3-5-12(10-14)15(18-17)9-11-4-2-6-13(16)8-11/h2-8,10,15,18H,9,17H2,1H3. The predicted molar refractivity (Wildman–Crippen MR) is 78.2 cm³/mol. The fraction of sp³-hybridized carbons (Fsp3) is 0.200. The second kappa shape index (κ2) is 6.57. The Bertz CT molecular complexity index is 545. The van der Waals surface area contributed by atoms with Gasteiger partial charge >= 0.3 is 0 Å². The van der Waals surface area contributed by atoms with Gasteiger partial charge in [0.1, 0.15) is 5.75 Å². The van der Waals surface area contributed by atoms with Gasteiger partial charge in [-0.2, -0.15) is 0 Å². The van der Waals surface area contributed by atoms with E-state index >= 15 is 0 Å². The number of halogens is 1. The van der Waals surface area contributed by atoms with E-state index in [0.29, 0.717) is 0 Å². The van der Waals surface area contributed by atoms with Crippen LogP contribution in [0.2, 0.25) is 5.02 Å². The quantitative estimate of drug-likeness (QED) is 0.652. The van der Waals surface area contributed by atoms with Crippen LogP contribution in [-0.2, 0) is 6.42 Å². The van der Waals surface area contributed by atoms with E-state index in [1.54, 1.807) is 7.11 Å². The van der Waals surface area contributed by atoms with Crippen molar-refractivity contribution in [2.75, 3.05) is 7.11 Å². The molecule has 0 bridgehead atoms. The minimum atomic E-state index is 0.0218. The number of hydrogen-bond donors (Lipinski definition) is 2. The summed E-state index contributed by atoms with van der Waals surface area (Å²) in [5.41, 5.74) is 5.06. The van der Waals surface area contributed by atoms with Gasteiger partial charge < -0.3 is 4.74 Å². The number of methoxy groups -OCH3 is 1. The molecule has 3 nitrogen and oxygen atoms in total. The summed E-state index contributed by atoms with van der Waals surface area (Å²) in [7, 11) is 1.65. The molecule has 0 amide bonds. The zero-order chi connectivity index (χ0) is 13.7. The van der Waals surface area contributed by atoms with Gasteiger partial charge in [0.25, 0.3) is 0 Å². The number of nitrogens with one attached hydrogen (secondary N) is 1. The minimum Gasteiger partial charge on any atom is -0.497 e. The van der Waals surface area contributed by atoms with Gasteiger partial charge in [-0.15, -0.1) is 0 Å². The van der Waals surface area contributed by atoms with Gasteiger partial charge in [0.05, 0.1) is 13.2 Å². The van der Waals surface area contributed by atoms with E-state index in [-0.39, 0.29) is 6.04 Å². The van der Waals surface area contributed by atoms with Crippen LogP contribution in [-0.4, -0.2) is 7.11 Å². The molecule has 0 saturated carbocycles. The summed E-state index contributed by atoms with van der Waals surface area (Å²) in [6.45, 7) is 0. The molecule has 0 aliphatic rings. The van der Waals surface area contributed by atoms with Crippen molar-refractivity contribution < 1.29 is 4.74 Å². The predicted octanol–water partition coefficient (Wildman–Crippen LogP) is 3.10. The average molecular weight is 277 g/mol. The van der Waals surface area contributed by atoms with Gasteiger partial charge in [0.15, 0.2) is 0 Å². The third-order valence-electron chi connectivity index (χ3n) is 3.03. The molecule has 0 radical (unpaired) electrons. The molecule has 4 heteroatoms. The van der Waals surface area contributed by atoms with E-state index < -0.39 is 0 Å². The normalized spacial score (nSPS) is 12.2. The first kappa shape index (κ1) is 13.9. The zero-order valence-corrected chi connectivity index (χ0v) is 11.5. The Hall–Kier alpha value is -1.55. The molecule has 2 aromatic carbocycles. The third kappa shape index (κ3) is 3.70. The molecule has 2 aromatic rings. The first-order chi connectivity index (χ1) is 9.22. The van der Waals surface area contributed by atoms with Crippen molar-refractivity contribution >= 4 is 11.6 Å². The summed E-state index contributed by atoms with van der Waals surface area (Å²) >= 11 is 5.99. The first-order valence-corrected chi connectivity index (χ1v) is 6.45. The fourth-order valence-electron chi connectivity index (χ4n) is 2.03. The highest BCUT2D eigenvalue weighted by Gasteiger charge is 2.11. The van der Waals surface area contributed by atoms with Gasteiger partial charge in [-0.1, -0.05) is 35.9 Å². The van der Waals surface area contributed by atoms with Gasteiger partial charge in [-0.25, -0.2) is 0 Å². The zero-order valence-electron chi connectivity index (χ0n) is 10.8. The number of hydrogen-bond acceptors (Lipinski definition) is 3. The minimum absolute atomic E-state index is 0.0218. The molecule has 0 heterocycles. The van der Waals surface area contributed by atoms with E-state index in [9.17, 15) is 0 Å². The summed E-state index contributed by atoms with van der Waals surface area (Å²) in [5, 5.41) is 0.735. The number of benzene rings is 2. The average Bonchev–Trinajstić information content (AvgIpc) is 2.45. The van der Waals surface area contributed by atoms with Crippen molar-refractivity contribution in [2.24, 2.45) is 5.84 Å². The third-order valence-corrected chi connectivity index (χ3v) is 3.26. The van der Waals surface area contributed by atoms with E-state index in [1.807, 2.05) is 48.5 Å². The van der Waals surface area contributed by atoms with Crippen molar-refractivity contribution in [1.82, 2.24) is 5.43 Å². The summed E-state index contributed by atoms with van der Waals surface area (Å²) < 4.78 is 5.23. The lowest BCUT2D eigenvalue weighted by atomic mass is 9.99. The maximum Gasteiger partial charge on any atom is 0.119 e. The van der Waals surface area contributed by atoms with Crippen LogP contribution in [0.4, 0.5) is 0 Å². The van der Waals surface area contributed by atoms with Crippen LogP contribution in [0.15, 0.2) is 48.5 Å². The molecular weight excluding hydrogens is 260 g/mol. The second-order valence-electron chi connectivity index (χ2n) is 4.33. The largest absolute Gasteiger partial charge is 0.497 e. The number of rotatable bonds is 5. The van der Waals surface area contributed by atoms with Crippen LogP contribution in [0.25, 0.3) is 0 Å². The molecule has 0 aromatic heterocycles. The van der Waals surface area contributed by atoms with E-state index in [0.717, 1.165) is 28.3 Å². The van der Waals surface area contributed by atoms with E-state index in [2.05, 4.69) is 5.43 Å².